The van der Waals surface area contributed by atoms with Gasteiger partial charge in [0.25, 0.3) is 0 Å². The summed E-state index contributed by atoms with van der Waals surface area (Å²) in [6, 6.07) is 16.1. The number of aliphatic carboxylic acids is 1. The highest BCUT2D eigenvalue weighted by molar-refractivity contribution is 5.79. The van der Waals surface area contributed by atoms with Crippen LogP contribution < -0.4 is 10.6 Å². The number of carboxylic acids is 1. The number of rotatable bonds is 13. The lowest BCUT2D eigenvalue weighted by Crippen LogP contribution is -2.40. The van der Waals surface area contributed by atoms with Crippen molar-refractivity contribution in [3.63, 3.8) is 0 Å². The van der Waals surface area contributed by atoms with Crippen LogP contribution in [-0.2, 0) is 14.3 Å². The number of unbranched alkanes of at least 4 members (excludes halogenated alkanes) is 2. The molecule has 3 N–H and O–H groups in total. The minimum atomic E-state index is -0.800. The van der Waals surface area contributed by atoms with Crippen molar-refractivity contribution in [2.45, 2.75) is 63.8 Å². The first-order valence-electron chi connectivity index (χ1n) is 12.1. The molecule has 7 nitrogen and oxygen atoms in total. The van der Waals surface area contributed by atoms with Crippen LogP contribution in [0.2, 0.25) is 0 Å². The van der Waals surface area contributed by atoms with Crippen molar-refractivity contribution in [1.29, 1.82) is 0 Å². The van der Waals surface area contributed by atoms with Crippen molar-refractivity contribution < 1.29 is 24.2 Å². The van der Waals surface area contributed by atoms with Gasteiger partial charge in [0, 0.05) is 31.3 Å². The summed E-state index contributed by atoms with van der Waals surface area (Å²) in [6.45, 7) is 2.75. The third kappa shape index (κ3) is 7.07. The molecule has 0 radical (unpaired) electrons. The zero-order valence-corrected chi connectivity index (χ0v) is 19.7. The van der Waals surface area contributed by atoms with Crippen molar-refractivity contribution in [1.82, 2.24) is 10.6 Å². The van der Waals surface area contributed by atoms with E-state index in [0.29, 0.717) is 19.4 Å². The summed E-state index contributed by atoms with van der Waals surface area (Å²) < 4.78 is 5.61. The van der Waals surface area contributed by atoms with Gasteiger partial charge in [-0.1, -0.05) is 68.3 Å². The van der Waals surface area contributed by atoms with Crippen LogP contribution >= 0.6 is 0 Å². The zero-order chi connectivity index (χ0) is 24.3. The van der Waals surface area contributed by atoms with E-state index in [2.05, 4.69) is 34.9 Å². The minimum Gasteiger partial charge on any atom is -0.481 e. The first-order valence-corrected chi connectivity index (χ1v) is 12.1. The molecule has 0 heterocycles. The molecule has 1 aliphatic rings. The van der Waals surface area contributed by atoms with Crippen LogP contribution in [0, 0.1) is 0 Å². The summed E-state index contributed by atoms with van der Waals surface area (Å²) in [5.41, 5.74) is 4.67. The predicted molar refractivity (Wildman–Crippen MR) is 131 cm³/mol. The molecule has 182 valence electrons. The van der Waals surface area contributed by atoms with Gasteiger partial charge in [0.05, 0.1) is 0 Å². The largest absolute Gasteiger partial charge is 0.481 e. The fourth-order valence-corrected chi connectivity index (χ4v) is 4.48. The molecule has 2 aromatic rings. The number of carbonyl (C=O) groups excluding carboxylic acids is 2. The van der Waals surface area contributed by atoms with Gasteiger partial charge in [-0.2, -0.15) is 0 Å². The molecule has 0 bridgehead atoms. The predicted octanol–water partition coefficient (Wildman–Crippen LogP) is 4.85. The molecule has 7 heteroatoms. The molecule has 0 saturated carbocycles. The van der Waals surface area contributed by atoms with Gasteiger partial charge in [-0.3, -0.25) is 9.59 Å². The molecule has 0 saturated heterocycles. The van der Waals surface area contributed by atoms with E-state index < -0.39 is 12.1 Å². The van der Waals surface area contributed by atoms with E-state index in [4.69, 9.17) is 9.84 Å². The Balaban J connectivity index is 1.46. The average Bonchev–Trinajstić information content (AvgIpc) is 3.13. The molecule has 0 unspecified atom stereocenters. The van der Waals surface area contributed by atoms with Crippen LogP contribution in [0.3, 0.4) is 0 Å². The highest BCUT2D eigenvalue weighted by atomic mass is 16.5. The topological polar surface area (TPSA) is 105 Å². The fraction of sp³-hybridized carbons (Fsp3) is 0.444. The maximum atomic E-state index is 12.6. The molecular weight excluding hydrogens is 432 g/mol. The number of benzene rings is 2. The standard InChI is InChI=1S/C27H34N2O5/c1-2-10-19(17-25(30)28-16-9-3-4-15-26(31)32)29-27(33)34-18-24-22-13-7-5-11-20(22)21-12-6-8-14-23(21)24/h5-8,11-14,19,24H,2-4,9-10,15-18H2,1H3,(H,28,30)(H,29,33)(H,31,32)/t19-/m1/s1. The summed E-state index contributed by atoms with van der Waals surface area (Å²) in [5, 5.41) is 14.4. The lowest BCUT2D eigenvalue weighted by atomic mass is 9.98. The highest BCUT2D eigenvalue weighted by Crippen LogP contribution is 2.44. The summed E-state index contributed by atoms with van der Waals surface area (Å²) >= 11 is 0. The third-order valence-corrected chi connectivity index (χ3v) is 6.12. The number of ether oxygens (including phenoxy) is 1. The van der Waals surface area contributed by atoms with E-state index in [1.807, 2.05) is 31.2 Å². The number of carboxylic acid groups (broad SMARTS) is 1. The van der Waals surface area contributed by atoms with Gasteiger partial charge in [-0.25, -0.2) is 4.79 Å². The van der Waals surface area contributed by atoms with Gasteiger partial charge in [0.2, 0.25) is 5.91 Å². The second kappa shape index (κ2) is 12.8. The second-order valence-corrected chi connectivity index (χ2v) is 8.71. The van der Waals surface area contributed by atoms with Gasteiger partial charge in [0.1, 0.15) is 6.61 Å². The first kappa shape index (κ1) is 25.3. The smallest absolute Gasteiger partial charge is 0.407 e. The second-order valence-electron chi connectivity index (χ2n) is 8.71. The van der Waals surface area contributed by atoms with Gasteiger partial charge in [-0.15, -0.1) is 0 Å². The maximum absolute atomic E-state index is 12.6. The zero-order valence-electron chi connectivity index (χ0n) is 19.7. The Bertz CT molecular complexity index is 945. The molecule has 0 fully saturated rings. The quantitative estimate of drug-likeness (QED) is 0.366. The molecule has 1 atom stereocenters. The van der Waals surface area contributed by atoms with Crippen molar-refractivity contribution >= 4 is 18.0 Å². The Hall–Kier alpha value is -3.35. The van der Waals surface area contributed by atoms with Crippen LogP contribution in [0.15, 0.2) is 48.5 Å². The highest BCUT2D eigenvalue weighted by Gasteiger charge is 2.29. The van der Waals surface area contributed by atoms with Gasteiger partial charge in [-0.05, 0) is 41.5 Å². The Kier molecular flexibility index (Phi) is 9.50. The molecule has 3 rings (SSSR count). The number of hydrogen-bond acceptors (Lipinski definition) is 4. The van der Waals surface area contributed by atoms with E-state index >= 15 is 0 Å². The van der Waals surface area contributed by atoms with Gasteiger partial charge >= 0.3 is 12.1 Å². The van der Waals surface area contributed by atoms with Crippen molar-refractivity contribution in [3.05, 3.63) is 59.7 Å². The summed E-state index contributed by atoms with van der Waals surface area (Å²) in [7, 11) is 0. The molecule has 2 aromatic carbocycles. The fourth-order valence-electron chi connectivity index (χ4n) is 4.48. The molecule has 0 aliphatic heterocycles. The number of hydrogen-bond donors (Lipinski definition) is 3. The third-order valence-electron chi connectivity index (χ3n) is 6.12. The number of amides is 2. The number of carbonyl (C=O) groups is 3. The SMILES string of the molecule is CCC[C@H](CC(=O)NCCCCCC(=O)O)NC(=O)OCC1c2ccccc2-c2ccccc21. The number of alkyl carbamates (subject to hydrolysis) is 1. The normalized spacial score (nSPS) is 13.0. The van der Waals surface area contributed by atoms with Crippen LogP contribution in [0.5, 0.6) is 0 Å². The Morgan fingerprint density at radius 2 is 1.62 bits per heavy atom. The van der Waals surface area contributed by atoms with E-state index in [0.717, 1.165) is 30.4 Å². The van der Waals surface area contributed by atoms with Gasteiger partial charge in [0.15, 0.2) is 0 Å². The molecular formula is C27H34N2O5. The van der Waals surface area contributed by atoms with Crippen LogP contribution in [0.25, 0.3) is 11.1 Å². The maximum Gasteiger partial charge on any atom is 0.407 e. The summed E-state index contributed by atoms with van der Waals surface area (Å²) in [6.07, 6.45) is 3.42. The van der Waals surface area contributed by atoms with E-state index in [9.17, 15) is 14.4 Å². The molecule has 0 spiro atoms. The number of fused-ring (bicyclic) bond motifs is 3. The monoisotopic (exact) mass is 466 g/mol. The molecule has 1 aliphatic carbocycles. The van der Waals surface area contributed by atoms with Gasteiger partial charge < -0.3 is 20.5 Å². The lowest BCUT2D eigenvalue weighted by molar-refractivity contribution is -0.137. The Morgan fingerprint density at radius 3 is 2.24 bits per heavy atom. The average molecular weight is 467 g/mol. The number of nitrogens with one attached hydrogen (secondary N) is 2. The molecule has 34 heavy (non-hydrogen) atoms. The summed E-state index contributed by atoms with van der Waals surface area (Å²) in [5.74, 6) is -0.936. The van der Waals surface area contributed by atoms with E-state index in [-0.39, 0.29) is 37.3 Å². The van der Waals surface area contributed by atoms with Crippen LogP contribution in [0.1, 0.15) is 68.9 Å². The lowest BCUT2D eigenvalue weighted by Gasteiger charge is -2.19. The van der Waals surface area contributed by atoms with Crippen molar-refractivity contribution in [2.75, 3.05) is 13.2 Å². The Labute approximate surface area is 200 Å². The van der Waals surface area contributed by atoms with Crippen molar-refractivity contribution in [2.24, 2.45) is 0 Å². The molecule has 0 aromatic heterocycles. The summed E-state index contributed by atoms with van der Waals surface area (Å²) in [4.78, 5) is 35.4. The van der Waals surface area contributed by atoms with Crippen LogP contribution in [-0.4, -0.2) is 42.3 Å². The van der Waals surface area contributed by atoms with Crippen LogP contribution in [0.4, 0.5) is 4.79 Å². The minimum absolute atomic E-state index is 0.00722. The van der Waals surface area contributed by atoms with E-state index in [1.165, 1.54) is 11.1 Å². The Morgan fingerprint density at radius 1 is 0.971 bits per heavy atom. The van der Waals surface area contributed by atoms with E-state index in [1.54, 1.807) is 0 Å². The first-order chi connectivity index (χ1) is 16.5. The molecule has 2 amide bonds. The van der Waals surface area contributed by atoms with Crippen molar-refractivity contribution in [3.8, 4) is 11.1 Å².